The van der Waals surface area contributed by atoms with Gasteiger partial charge in [-0.15, -0.1) is 0 Å². The van der Waals surface area contributed by atoms with Crippen molar-refractivity contribution in [3.05, 3.63) is 64.2 Å². The van der Waals surface area contributed by atoms with Crippen molar-refractivity contribution < 1.29 is 22.7 Å². The van der Waals surface area contributed by atoms with E-state index in [0.717, 1.165) is 22.4 Å². The van der Waals surface area contributed by atoms with Gasteiger partial charge in [0.15, 0.2) is 0 Å². The number of aryl methyl sites for hydroxylation is 1. The lowest BCUT2D eigenvalue weighted by atomic mass is 9.94. The molecule has 0 aromatic heterocycles. The molecule has 1 atom stereocenters. The molecule has 0 fully saturated rings. The van der Waals surface area contributed by atoms with Crippen molar-refractivity contribution in [1.29, 1.82) is 0 Å². The maximum absolute atomic E-state index is 12.7. The third-order valence-corrected chi connectivity index (χ3v) is 6.22. The Bertz CT molecular complexity index is 965. The van der Waals surface area contributed by atoms with Gasteiger partial charge >= 0.3 is 5.97 Å². The van der Waals surface area contributed by atoms with Crippen LogP contribution in [-0.2, 0) is 20.5 Å². The first kappa shape index (κ1) is 22.9. The molecule has 29 heavy (non-hydrogen) atoms. The number of carbonyl (C=O) groups is 1. The zero-order chi connectivity index (χ0) is 21.8. The van der Waals surface area contributed by atoms with Crippen LogP contribution in [0.1, 0.15) is 65.3 Å². The fourth-order valence-electron chi connectivity index (χ4n) is 3.26. The van der Waals surface area contributed by atoms with Crippen LogP contribution in [0.2, 0.25) is 0 Å². The van der Waals surface area contributed by atoms with E-state index in [-0.39, 0.29) is 11.7 Å². The lowest BCUT2D eigenvalue weighted by Gasteiger charge is -2.21. The van der Waals surface area contributed by atoms with Crippen LogP contribution in [0.25, 0.3) is 0 Å². The summed E-state index contributed by atoms with van der Waals surface area (Å²) in [6, 6.07) is 9.92. The van der Waals surface area contributed by atoms with Gasteiger partial charge in [-0.05, 0) is 66.3 Å². The van der Waals surface area contributed by atoms with E-state index in [1.165, 1.54) is 7.11 Å². The van der Waals surface area contributed by atoms with Crippen LogP contribution in [0, 0.1) is 6.92 Å². The molecule has 0 aliphatic rings. The number of benzene rings is 2. The van der Waals surface area contributed by atoms with Gasteiger partial charge in [-0.3, -0.25) is 0 Å². The first-order valence-electron chi connectivity index (χ1n) is 9.43. The molecule has 0 aliphatic heterocycles. The van der Waals surface area contributed by atoms with Crippen LogP contribution < -0.4 is 9.46 Å². The summed E-state index contributed by atoms with van der Waals surface area (Å²) >= 11 is 0. The van der Waals surface area contributed by atoms with Gasteiger partial charge < -0.3 is 9.47 Å². The second kappa shape index (κ2) is 9.41. The number of rotatable bonds is 8. The van der Waals surface area contributed by atoms with Crippen LogP contribution in [0.4, 0.5) is 0 Å². The monoisotopic (exact) mass is 419 g/mol. The molecule has 0 spiro atoms. The Hall–Kier alpha value is -2.38. The molecule has 0 aliphatic carbocycles. The van der Waals surface area contributed by atoms with Crippen LogP contribution in [-0.4, -0.2) is 28.6 Å². The van der Waals surface area contributed by atoms with Crippen molar-refractivity contribution in [2.24, 2.45) is 0 Å². The van der Waals surface area contributed by atoms with Crippen LogP contribution in [0.15, 0.2) is 36.4 Å². The van der Waals surface area contributed by atoms with Gasteiger partial charge in [0.05, 0.1) is 25.5 Å². The Kier molecular flexibility index (Phi) is 7.43. The number of hydrogen-bond acceptors (Lipinski definition) is 5. The quantitative estimate of drug-likeness (QED) is 0.652. The zero-order valence-electron chi connectivity index (χ0n) is 17.8. The van der Waals surface area contributed by atoms with Crippen molar-refractivity contribution in [3.8, 4) is 5.75 Å². The number of nitrogens with one attached hydrogen (secondary N) is 1. The molecular formula is C22H29NO5S. The Morgan fingerprint density at radius 3 is 2.17 bits per heavy atom. The highest BCUT2D eigenvalue weighted by Crippen LogP contribution is 2.32. The van der Waals surface area contributed by atoms with E-state index in [0.29, 0.717) is 11.1 Å². The molecule has 0 bridgehead atoms. The van der Waals surface area contributed by atoms with E-state index < -0.39 is 22.0 Å². The predicted molar refractivity (Wildman–Crippen MR) is 114 cm³/mol. The van der Waals surface area contributed by atoms with Crippen molar-refractivity contribution in [2.75, 3.05) is 14.2 Å². The van der Waals surface area contributed by atoms with E-state index in [1.54, 1.807) is 31.4 Å². The minimum Gasteiger partial charge on any atom is -0.496 e. The predicted octanol–water partition coefficient (Wildman–Crippen LogP) is 4.09. The van der Waals surface area contributed by atoms with Gasteiger partial charge in [-0.2, -0.15) is 0 Å². The largest absolute Gasteiger partial charge is 0.496 e. The van der Waals surface area contributed by atoms with Gasteiger partial charge in [-0.1, -0.05) is 26.0 Å². The molecule has 0 saturated carbocycles. The van der Waals surface area contributed by atoms with Crippen molar-refractivity contribution in [2.45, 2.75) is 45.4 Å². The van der Waals surface area contributed by atoms with E-state index in [2.05, 4.69) is 23.3 Å². The van der Waals surface area contributed by atoms with Gasteiger partial charge in [0.1, 0.15) is 5.75 Å². The summed E-state index contributed by atoms with van der Waals surface area (Å²) < 4.78 is 38.2. The smallest absolute Gasteiger partial charge is 0.337 e. The second-order valence-corrected chi connectivity index (χ2v) is 9.15. The Morgan fingerprint density at radius 2 is 1.66 bits per heavy atom. The molecule has 0 heterocycles. The standard InChI is InChI=1S/C22H29NO5S/c1-14(2)19-12-20(15(3)11-21(19)27-5)16(4)23-29(25,26)13-17-7-9-18(10-8-17)22(24)28-6/h7-12,14,16,23H,13H2,1-6H3/t16-/m0/s1. The third kappa shape index (κ3) is 5.81. The molecular weight excluding hydrogens is 390 g/mol. The molecule has 7 heteroatoms. The van der Waals surface area contributed by atoms with Crippen LogP contribution in [0.5, 0.6) is 5.75 Å². The van der Waals surface area contributed by atoms with Crippen molar-refractivity contribution in [3.63, 3.8) is 0 Å². The molecule has 0 unspecified atom stereocenters. The summed E-state index contributed by atoms with van der Waals surface area (Å²) in [5, 5.41) is 0. The molecule has 0 amide bonds. The summed E-state index contributed by atoms with van der Waals surface area (Å²) in [5.74, 6) is 0.427. The summed E-state index contributed by atoms with van der Waals surface area (Å²) in [4.78, 5) is 11.5. The Morgan fingerprint density at radius 1 is 1.03 bits per heavy atom. The second-order valence-electron chi connectivity index (χ2n) is 7.39. The Labute approximate surface area is 173 Å². The SMILES string of the molecule is COC(=O)c1ccc(CS(=O)(=O)N[C@@H](C)c2cc(C(C)C)c(OC)cc2C)cc1. The summed E-state index contributed by atoms with van der Waals surface area (Å²) in [5.41, 5.74) is 3.89. The average Bonchev–Trinajstić information content (AvgIpc) is 2.66. The van der Waals surface area contributed by atoms with Gasteiger partial charge in [0, 0.05) is 6.04 Å². The molecule has 2 aromatic rings. The highest BCUT2D eigenvalue weighted by molar-refractivity contribution is 7.88. The van der Waals surface area contributed by atoms with Crippen LogP contribution in [0.3, 0.4) is 0 Å². The number of hydrogen-bond donors (Lipinski definition) is 1. The summed E-state index contributed by atoms with van der Waals surface area (Å²) in [7, 11) is -0.643. The van der Waals surface area contributed by atoms with Crippen LogP contribution >= 0.6 is 0 Å². The van der Waals surface area contributed by atoms with Gasteiger partial charge in [0.25, 0.3) is 0 Å². The van der Waals surface area contributed by atoms with Gasteiger partial charge in [0.2, 0.25) is 10.0 Å². The number of ether oxygens (including phenoxy) is 2. The van der Waals surface area contributed by atoms with E-state index in [1.807, 2.05) is 26.0 Å². The van der Waals surface area contributed by atoms with Gasteiger partial charge in [-0.25, -0.2) is 17.9 Å². The first-order chi connectivity index (χ1) is 13.6. The Balaban J connectivity index is 2.20. The number of esters is 1. The highest BCUT2D eigenvalue weighted by atomic mass is 32.2. The maximum Gasteiger partial charge on any atom is 0.337 e. The molecule has 2 aromatic carbocycles. The minimum atomic E-state index is -3.58. The molecule has 0 saturated heterocycles. The lowest BCUT2D eigenvalue weighted by molar-refractivity contribution is 0.0600. The first-order valence-corrected chi connectivity index (χ1v) is 11.1. The number of carbonyl (C=O) groups excluding carboxylic acids is 1. The molecule has 6 nitrogen and oxygen atoms in total. The normalized spacial score (nSPS) is 12.7. The van der Waals surface area contributed by atoms with E-state index >= 15 is 0 Å². The maximum atomic E-state index is 12.7. The summed E-state index contributed by atoms with van der Waals surface area (Å²) in [6.07, 6.45) is 0. The third-order valence-electron chi connectivity index (χ3n) is 4.79. The minimum absolute atomic E-state index is 0.176. The molecule has 0 radical (unpaired) electrons. The van der Waals surface area contributed by atoms with E-state index in [4.69, 9.17) is 4.74 Å². The van der Waals surface area contributed by atoms with E-state index in [9.17, 15) is 13.2 Å². The average molecular weight is 420 g/mol. The number of sulfonamides is 1. The van der Waals surface area contributed by atoms with Crippen molar-refractivity contribution in [1.82, 2.24) is 4.72 Å². The molecule has 2 rings (SSSR count). The highest BCUT2D eigenvalue weighted by Gasteiger charge is 2.20. The summed E-state index contributed by atoms with van der Waals surface area (Å²) in [6.45, 7) is 7.92. The van der Waals surface area contributed by atoms with Crippen molar-refractivity contribution >= 4 is 16.0 Å². The zero-order valence-corrected chi connectivity index (χ0v) is 18.6. The topological polar surface area (TPSA) is 81.7 Å². The lowest BCUT2D eigenvalue weighted by Crippen LogP contribution is -2.28. The molecule has 1 N–H and O–H groups in total. The molecule has 158 valence electrons. The fraction of sp³-hybridized carbons (Fsp3) is 0.409. The fourth-order valence-corrected chi connectivity index (χ4v) is 4.64. The number of methoxy groups -OCH3 is 2.